The van der Waals surface area contributed by atoms with Gasteiger partial charge in [0.2, 0.25) is 0 Å². The van der Waals surface area contributed by atoms with Crippen molar-refractivity contribution in [2.45, 2.75) is 19.9 Å². The Labute approximate surface area is 149 Å². The first-order valence-corrected chi connectivity index (χ1v) is 8.30. The topological polar surface area (TPSA) is 113 Å². The molecule has 0 saturated carbocycles. The standard InChI is InChI=1S/C16H18N8O2/c1-11-19-20-15-6-12(8-23(11)15)7-17-16(25)9-26-14-4-2-13(3-5-14)24-10-18-21-22-24/h2-5,10,12H,6-9H2,1H3,(H,17,25). The Morgan fingerprint density at radius 3 is 2.88 bits per heavy atom. The Balaban J connectivity index is 1.22. The number of fused-ring (bicyclic) bond motifs is 1. The maximum absolute atomic E-state index is 12.0. The minimum Gasteiger partial charge on any atom is -0.484 e. The Morgan fingerprint density at radius 1 is 1.31 bits per heavy atom. The lowest BCUT2D eigenvalue weighted by molar-refractivity contribution is -0.123. The lowest BCUT2D eigenvalue weighted by Crippen LogP contribution is -2.33. The van der Waals surface area contributed by atoms with E-state index in [-0.39, 0.29) is 12.5 Å². The van der Waals surface area contributed by atoms with Gasteiger partial charge in [-0.15, -0.1) is 15.3 Å². The molecule has 1 aliphatic heterocycles. The van der Waals surface area contributed by atoms with Gasteiger partial charge in [-0.1, -0.05) is 0 Å². The van der Waals surface area contributed by atoms with Gasteiger partial charge in [0, 0.05) is 25.4 Å². The van der Waals surface area contributed by atoms with E-state index in [2.05, 4.69) is 35.6 Å². The summed E-state index contributed by atoms with van der Waals surface area (Å²) in [6.07, 6.45) is 2.34. The number of carbonyl (C=O) groups excluding carboxylic acids is 1. The molecule has 10 heteroatoms. The van der Waals surface area contributed by atoms with Crippen molar-refractivity contribution in [1.29, 1.82) is 0 Å². The molecule has 1 atom stereocenters. The fourth-order valence-electron chi connectivity index (χ4n) is 2.96. The second kappa shape index (κ2) is 6.90. The summed E-state index contributed by atoms with van der Waals surface area (Å²) in [4.78, 5) is 12.0. The van der Waals surface area contributed by atoms with Crippen LogP contribution in [0.1, 0.15) is 11.6 Å². The third-order valence-electron chi connectivity index (χ3n) is 4.33. The lowest BCUT2D eigenvalue weighted by Gasteiger charge is -2.11. The van der Waals surface area contributed by atoms with Crippen LogP contribution in [-0.4, -0.2) is 54.0 Å². The van der Waals surface area contributed by atoms with Crippen LogP contribution >= 0.6 is 0 Å². The highest BCUT2D eigenvalue weighted by molar-refractivity contribution is 5.77. The van der Waals surface area contributed by atoms with Gasteiger partial charge >= 0.3 is 0 Å². The number of hydrogen-bond donors (Lipinski definition) is 1. The van der Waals surface area contributed by atoms with Gasteiger partial charge in [-0.05, 0) is 41.6 Å². The molecule has 0 spiro atoms. The van der Waals surface area contributed by atoms with E-state index in [4.69, 9.17) is 4.74 Å². The molecule has 0 radical (unpaired) electrons. The van der Waals surface area contributed by atoms with Crippen LogP contribution in [0.4, 0.5) is 0 Å². The fraction of sp³-hybridized carbons (Fsp3) is 0.375. The first-order chi connectivity index (χ1) is 12.7. The van der Waals surface area contributed by atoms with Gasteiger partial charge in [0.05, 0.1) is 5.69 Å². The highest BCUT2D eigenvalue weighted by Crippen LogP contribution is 2.19. The Hall–Kier alpha value is -3.30. The van der Waals surface area contributed by atoms with Crippen molar-refractivity contribution in [3.05, 3.63) is 42.2 Å². The summed E-state index contributed by atoms with van der Waals surface area (Å²) < 4.78 is 9.16. The normalized spacial score (nSPS) is 15.7. The molecule has 0 bridgehead atoms. The van der Waals surface area contributed by atoms with E-state index in [0.717, 1.165) is 30.3 Å². The number of aromatic nitrogens is 7. The number of ether oxygens (including phenoxy) is 1. The van der Waals surface area contributed by atoms with Crippen molar-refractivity contribution in [2.75, 3.05) is 13.2 Å². The molecule has 134 valence electrons. The molecular formula is C16H18N8O2. The van der Waals surface area contributed by atoms with E-state index in [0.29, 0.717) is 18.2 Å². The number of nitrogens with one attached hydrogen (secondary N) is 1. The maximum atomic E-state index is 12.0. The van der Waals surface area contributed by atoms with Crippen molar-refractivity contribution in [2.24, 2.45) is 5.92 Å². The summed E-state index contributed by atoms with van der Waals surface area (Å²) in [6, 6.07) is 7.19. The molecule has 1 amide bonds. The number of nitrogens with zero attached hydrogens (tertiary/aromatic N) is 7. The highest BCUT2D eigenvalue weighted by Gasteiger charge is 2.24. The number of hydrogen-bond acceptors (Lipinski definition) is 7. The molecule has 1 aliphatic rings. The van der Waals surface area contributed by atoms with E-state index in [1.807, 2.05) is 19.1 Å². The largest absolute Gasteiger partial charge is 0.484 e. The minimum atomic E-state index is -0.144. The molecule has 1 unspecified atom stereocenters. The molecule has 0 saturated heterocycles. The quantitative estimate of drug-likeness (QED) is 0.659. The number of benzene rings is 1. The first kappa shape index (κ1) is 16.2. The molecule has 0 aliphatic carbocycles. The Bertz CT molecular complexity index is 888. The Kier molecular flexibility index (Phi) is 4.30. The van der Waals surface area contributed by atoms with Crippen molar-refractivity contribution < 1.29 is 9.53 Å². The molecule has 0 fully saturated rings. The molecule has 3 aromatic rings. The number of aryl methyl sites for hydroxylation is 1. The summed E-state index contributed by atoms with van der Waals surface area (Å²) in [5, 5.41) is 22.1. The highest BCUT2D eigenvalue weighted by atomic mass is 16.5. The summed E-state index contributed by atoms with van der Waals surface area (Å²) >= 11 is 0. The molecule has 1 N–H and O–H groups in total. The van der Waals surface area contributed by atoms with Crippen LogP contribution in [-0.2, 0) is 17.8 Å². The van der Waals surface area contributed by atoms with E-state index < -0.39 is 0 Å². The van der Waals surface area contributed by atoms with Gasteiger partial charge in [0.15, 0.2) is 6.61 Å². The minimum absolute atomic E-state index is 0.0257. The average Bonchev–Trinajstić information content (AvgIpc) is 3.38. The average molecular weight is 354 g/mol. The molecular weight excluding hydrogens is 336 g/mol. The maximum Gasteiger partial charge on any atom is 0.257 e. The summed E-state index contributed by atoms with van der Waals surface area (Å²) in [5.74, 6) is 2.72. The smallest absolute Gasteiger partial charge is 0.257 e. The summed E-state index contributed by atoms with van der Waals surface area (Å²) in [5.41, 5.74) is 0.815. The van der Waals surface area contributed by atoms with Crippen LogP contribution in [0.2, 0.25) is 0 Å². The number of carbonyl (C=O) groups is 1. The van der Waals surface area contributed by atoms with Crippen LogP contribution in [0.25, 0.3) is 5.69 Å². The van der Waals surface area contributed by atoms with E-state index in [1.165, 1.54) is 6.33 Å². The van der Waals surface area contributed by atoms with Gasteiger partial charge in [-0.25, -0.2) is 4.68 Å². The zero-order valence-corrected chi connectivity index (χ0v) is 14.2. The lowest BCUT2D eigenvalue weighted by atomic mass is 10.1. The molecule has 1 aromatic carbocycles. The fourth-order valence-corrected chi connectivity index (χ4v) is 2.96. The predicted octanol–water partition coefficient (Wildman–Crippen LogP) is -0.0703. The second-order valence-corrected chi connectivity index (χ2v) is 6.19. The van der Waals surface area contributed by atoms with Gasteiger partial charge in [0.25, 0.3) is 5.91 Å². The summed E-state index contributed by atoms with van der Waals surface area (Å²) in [6.45, 7) is 3.36. The number of tetrazole rings is 1. The van der Waals surface area contributed by atoms with E-state index >= 15 is 0 Å². The summed E-state index contributed by atoms with van der Waals surface area (Å²) in [7, 11) is 0. The number of rotatable bonds is 6. The predicted molar refractivity (Wildman–Crippen MR) is 89.6 cm³/mol. The molecule has 2 aromatic heterocycles. The third-order valence-corrected chi connectivity index (χ3v) is 4.33. The van der Waals surface area contributed by atoms with Gasteiger partial charge in [-0.3, -0.25) is 4.79 Å². The molecule has 3 heterocycles. The zero-order valence-electron chi connectivity index (χ0n) is 14.2. The first-order valence-electron chi connectivity index (χ1n) is 8.30. The number of amides is 1. The van der Waals surface area contributed by atoms with Crippen LogP contribution in [0, 0.1) is 12.8 Å². The van der Waals surface area contributed by atoms with Crippen LogP contribution in [0.3, 0.4) is 0 Å². The van der Waals surface area contributed by atoms with Crippen molar-refractivity contribution >= 4 is 5.91 Å². The SMILES string of the molecule is Cc1nnc2n1CC(CNC(=O)COc1ccc(-n3cnnn3)cc1)C2. The van der Waals surface area contributed by atoms with Crippen LogP contribution in [0.5, 0.6) is 5.75 Å². The van der Waals surface area contributed by atoms with E-state index in [1.54, 1.807) is 16.8 Å². The second-order valence-electron chi connectivity index (χ2n) is 6.19. The van der Waals surface area contributed by atoms with E-state index in [9.17, 15) is 4.79 Å². The van der Waals surface area contributed by atoms with Gasteiger partial charge in [-0.2, -0.15) is 0 Å². The van der Waals surface area contributed by atoms with Crippen molar-refractivity contribution in [3.8, 4) is 11.4 Å². The van der Waals surface area contributed by atoms with Crippen molar-refractivity contribution in [1.82, 2.24) is 40.3 Å². The van der Waals surface area contributed by atoms with Gasteiger partial charge < -0.3 is 14.6 Å². The Morgan fingerprint density at radius 2 is 2.15 bits per heavy atom. The van der Waals surface area contributed by atoms with Crippen LogP contribution < -0.4 is 10.1 Å². The third kappa shape index (κ3) is 3.39. The molecule has 26 heavy (non-hydrogen) atoms. The monoisotopic (exact) mass is 354 g/mol. The van der Waals surface area contributed by atoms with Crippen molar-refractivity contribution in [3.63, 3.8) is 0 Å². The van der Waals surface area contributed by atoms with Crippen LogP contribution in [0.15, 0.2) is 30.6 Å². The molecule has 4 rings (SSSR count). The van der Waals surface area contributed by atoms with Gasteiger partial charge in [0.1, 0.15) is 23.7 Å². The zero-order chi connectivity index (χ0) is 17.9. The molecule has 10 nitrogen and oxygen atoms in total.